The van der Waals surface area contributed by atoms with Crippen molar-refractivity contribution >= 4 is 5.91 Å². The van der Waals surface area contributed by atoms with E-state index in [1.165, 1.54) is 0 Å². The van der Waals surface area contributed by atoms with Crippen molar-refractivity contribution in [2.24, 2.45) is 11.8 Å². The first-order valence-corrected chi connectivity index (χ1v) is 5.11. The van der Waals surface area contributed by atoms with Crippen LogP contribution in [-0.4, -0.2) is 29.6 Å². The molecule has 0 aromatic rings. The fourth-order valence-electron chi connectivity index (χ4n) is 2.15. The van der Waals surface area contributed by atoms with Gasteiger partial charge < -0.3 is 4.90 Å². The van der Waals surface area contributed by atoms with Gasteiger partial charge in [-0.05, 0) is 25.2 Å². The lowest BCUT2D eigenvalue weighted by atomic mass is 9.86. The highest BCUT2D eigenvalue weighted by Crippen LogP contribution is 2.30. The Morgan fingerprint density at radius 2 is 1.80 bits per heavy atom. The molecule has 0 aromatic carbocycles. The van der Waals surface area contributed by atoms with E-state index >= 15 is 0 Å². The van der Waals surface area contributed by atoms with Gasteiger partial charge in [-0.2, -0.15) is 13.2 Å². The molecule has 2 nitrogen and oxygen atoms in total. The summed E-state index contributed by atoms with van der Waals surface area (Å²) >= 11 is 0. The van der Waals surface area contributed by atoms with Crippen molar-refractivity contribution < 1.29 is 18.0 Å². The Labute approximate surface area is 87.4 Å². The molecule has 1 rings (SSSR count). The molecule has 0 N–H and O–H groups in total. The van der Waals surface area contributed by atoms with E-state index in [-0.39, 0.29) is 24.4 Å². The minimum atomic E-state index is -4.74. The van der Waals surface area contributed by atoms with E-state index in [9.17, 15) is 18.0 Å². The average Bonchev–Trinajstić information content (AvgIpc) is 2.08. The smallest absolute Gasteiger partial charge is 0.332 e. The van der Waals surface area contributed by atoms with Gasteiger partial charge in [-0.1, -0.05) is 13.8 Å². The molecule has 0 aliphatic carbocycles. The molecule has 1 saturated heterocycles. The van der Waals surface area contributed by atoms with Crippen molar-refractivity contribution in [3.8, 4) is 0 Å². The Bertz CT molecular complexity index is 252. The number of amides is 1. The molecule has 3 atom stereocenters. The van der Waals surface area contributed by atoms with E-state index in [2.05, 4.69) is 0 Å². The fourth-order valence-corrected chi connectivity index (χ4v) is 2.15. The second-order valence-electron chi connectivity index (χ2n) is 4.51. The van der Waals surface area contributed by atoms with Gasteiger partial charge >= 0.3 is 12.1 Å². The van der Waals surface area contributed by atoms with E-state index in [0.29, 0.717) is 0 Å². The molecule has 1 aliphatic rings. The van der Waals surface area contributed by atoms with Crippen LogP contribution in [-0.2, 0) is 4.79 Å². The summed E-state index contributed by atoms with van der Waals surface area (Å²) < 4.78 is 36.8. The fraction of sp³-hybridized carbons (Fsp3) is 0.900. The van der Waals surface area contributed by atoms with Gasteiger partial charge in [0.2, 0.25) is 0 Å². The van der Waals surface area contributed by atoms with Crippen molar-refractivity contribution in [2.75, 3.05) is 6.54 Å². The van der Waals surface area contributed by atoms with E-state index < -0.39 is 12.1 Å². The molecule has 1 amide bonds. The number of carbonyl (C=O) groups is 1. The minimum absolute atomic E-state index is 0.125. The zero-order valence-corrected chi connectivity index (χ0v) is 9.14. The van der Waals surface area contributed by atoms with Gasteiger partial charge in [0.25, 0.3) is 0 Å². The summed E-state index contributed by atoms with van der Waals surface area (Å²) in [6.45, 7) is 5.65. The van der Waals surface area contributed by atoms with Crippen LogP contribution in [0.4, 0.5) is 13.2 Å². The summed E-state index contributed by atoms with van der Waals surface area (Å²) in [5, 5.41) is 0. The highest BCUT2D eigenvalue weighted by Gasteiger charge is 2.46. The van der Waals surface area contributed by atoms with Crippen LogP contribution in [0.2, 0.25) is 0 Å². The van der Waals surface area contributed by atoms with Gasteiger partial charge in [-0.3, -0.25) is 4.79 Å². The third kappa shape index (κ3) is 2.63. The second kappa shape index (κ2) is 4.02. The van der Waals surface area contributed by atoms with Gasteiger partial charge in [0.1, 0.15) is 0 Å². The summed E-state index contributed by atoms with van der Waals surface area (Å²) in [4.78, 5) is 12.1. The van der Waals surface area contributed by atoms with Crippen LogP contribution in [0.5, 0.6) is 0 Å². The Morgan fingerprint density at radius 3 is 2.27 bits per heavy atom. The van der Waals surface area contributed by atoms with Crippen LogP contribution in [0, 0.1) is 11.8 Å². The number of nitrogens with zero attached hydrogens (tertiary/aromatic N) is 1. The normalized spacial score (nSPS) is 32.9. The standard InChI is InChI=1S/C10H16F3NO/c1-6-4-7(2)8(3)14(5-6)9(15)10(11,12)13/h6-8H,4-5H2,1-3H3. The summed E-state index contributed by atoms with van der Waals surface area (Å²) in [5.41, 5.74) is 0. The van der Waals surface area contributed by atoms with Crippen LogP contribution in [0.15, 0.2) is 0 Å². The molecule has 1 aliphatic heterocycles. The molecule has 5 heteroatoms. The Kier molecular flexibility index (Phi) is 3.31. The van der Waals surface area contributed by atoms with Crippen LogP contribution in [0.1, 0.15) is 27.2 Å². The zero-order chi connectivity index (χ0) is 11.8. The van der Waals surface area contributed by atoms with Crippen molar-refractivity contribution in [3.63, 3.8) is 0 Å². The number of halogens is 3. The lowest BCUT2D eigenvalue weighted by Crippen LogP contribution is -2.53. The Hall–Kier alpha value is -0.740. The molecular weight excluding hydrogens is 207 g/mol. The van der Waals surface area contributed by atoms with Crippen LogP contribution >= 0.6 is 0 Å². The van der Waals surface area contributed by atoms with Gasteiger partial charge in [-0.15, -0.1) is 0 Å². The molecule has 0 saturated carbocycles. The summed E-state index contributed by atoms with van der Waals surface area (Å²) in [6, 6.07) is -0.324. The van der Waals surface area contributed by atoms with Crippen LogP contribution in [0.25, 0.3) is 0 Å². The van der Waals surface area contributed by atoms with Gasteiger partial charge in [0, 0.05) is 12.6 Å². The number of likely N-dealkylation sites (tertiary alicyclic amines) is 1. The number of hydrogen-bond acceptors (Lipinski definition) is 1. The maximum Gasteiger partial charge on any atom is 0.471 e. The van der Waals surface area contributed by atoms with E-state index in [1.54, 1.807) is 6.92 Å². The quantitative estimate of drug-likeness (QED) is 0.617. The topological polar surface area (TPSA) is 20.3 Å². The van der Waals surface area contributed by atoms with E-state index in [1.807, 2.05) is 13.8 Å². The summed E-state index contributed by atoms with van der Waals surface area (Å²) in [6.07, 6.45) is -3.87. The largest absolute Gasteiger partial charge is 0.471 e. The number of rotatable bonds is 0. The van der Waals surface area contributed by atoms with E-state index in [0.717, 1.165) is 11.3 Å². The number of alkyl halides is 3. The highest BCUT2D eigenvalue weighted by atomic mass is 19.4. The number of piperidine rings is 1. The Morgan fingerprint density at radius 1 is 1.27 bits per heavy atom. The number of hydrogen-bond donors (Lipinski definition) is 0. The molecule has 3 unspecified atom stereocenters. The van der Waals surface area contributed by atoms with Gasteiger partial charge in [0.05, 0.1) is 0 Å². The molecule has 1 fully saturated rings. The van der Waals surface area contributed by atoms with Crippen molar-refractivity contribution in [1.29, 1.82) is 0 Å². The predicted octanol–water partition coefficient (Wildman–Crippen LogP) is 2.44. The van der Waals surface area contributed by atoms with Crippen molar-refractivity contribution in [1.82, 2.24) is 4.90 Å². The molecule has 0 radical (unpaired) electrons. The maximum absolute atomic E-state index is 12.3. The summed E-state index contributed by atoms with van der Waals surface area (Å²) in [7, 11) is 0. The van der Waals surface area contributed by atoms with Crippen LogP contribution < -0.4 is 0 Å². The number of carbonyl (C=O) groups excluding carboxylic acids is 1. The SMILES string of the molecule is CC1CC(C)C(C)N(C(=O)C(F)(F)F)C1. The lowest BCUT2D eigenvalue weighted by molar-refractivity contribution is -0.191. The summed E-state index contributed by atoms with van der Waals surface area (Å²) in [5.74, 6) is -1.43. The predicted molar refractivity (Wildman–Crippen MR) is 50.2 cm³/mol. The van der Waals surface area contributed by atoms with E-state index in [4.69, 9.17) is 0 Å². The third-order valence-electron chi connectivity index (χ3n) is 3.10. The zero-order valence-electron chi connectivity index (χ0n) is 9.14. The monoisotopic (exact) mass is 223 g/mol. The first-order valence-electron chi connectivity index (χ1n) is 5.11. The molecule has 0 spiro atoms. The molecule has 15 heavy (non-hydrogen) atoms. The molecule has 0 bridgehead atoms. The molecular formula is C10H16F3NO. The molecule has 1 heterocycles. The minimum Gasteiger partial charge on any atom is -0.332 e. The first kappa shape index (κ1) is 12.3. The second-order valence-corrected chi connectivity index (χ2v) is 4.51. The van der Waals surface area contributed by atoms with Gasteiger partial charge in [-0.25, -0.2) is 0 Å². The van der Waals surface area contributed by atoms with Gasteiger partial charge in [0.15, 0.2) is 0 Å². The maximum atomic E-state index is 12.3. The van der Waals surface area contributed by atoms with Crippen molar-refractivity contribution in [2.45, 2.75) is 39.4 Å². The average molecular weight is 223 g/mol. The molecule has 0 aromatic heterocycles. The highest BCUT2D eigenvalue weighted by molar-refractivity contribution is 5.82. The van der Waals surface area contributed by atoms with Crippen LogP contribution in [0.3, 0.4) is 0 Å². The Balaban J connectivity index is 2.80. The third-order valence-corrected chi connectivity index (χ3v) is 3.10. The lowest BCUT2D eigenvalue weighted by Gasteiger charge is -2.41. The molecule has 88 valence electrons. The van der Waals surface area contributed by atoms with Crippen molar-refractivity contribution in [3.05, 3.63) is 0 Å². The first-order chi connectivity index (χ1) is 6.73.